The smallest absolute Gasteiger partial charge is 0.326 e. The van der Waals surface area contributed by atoms with E-state index in [2.05, 4.69) is 0 Å². The summed E-state index contributed by atoms with van der Waals surface area (Å²) in [5, 5.41) is 1.09. The third kappa shape index (κ3) is 8.23. The van der Waals surface area contributed by atoms with Crippen molar-refractivity contribution in [2.45, 2.75) is 43.7 Å². The summed E-state index contributed by atoms with van der Waals surface area (Å²) in [7, 11) is -6.98. The summed E-state index contributed by atoms with van der Waals surface area (Å²) < 4.78 is 59.4. The van der Waals surface area contributed by atoms with Gasteiger partial charge < -0.3 is 9.64 Å². The van der Waals surface area contributed by atoms with Crippen molar-refractivity contribution in [3.63, 3.8) is 0 Å². The summed E-state index contributed by atoms with van der Waals surface area (Å²) in [6, 6.07) is 16.4. The molecule has 15 heteroatoms. The second-order valence-corrected chi connectivity index (χ2v) is 18.3. The lowest BCUT2D eigenvalue weighted by Gasteiger charge is -2.39. The zero-order valence-corrected chi connectivity index (χ0v) is 32.1. The molecule has 2 amide bonds. The Labute approximate surface area is 310 Å². The van der Waals surface area contributed by atoms with Crippen LogP contribution in [0.15, 0.2) is 70.6 Å². The molecule has 51 heavy (non-hydrogen) atoms. The number of hydrogen-bond donors (Lipinski definition) is 0. The van der Waals surface area contributed by atoms with Crippen LogP contribution in [0, 0.1) is 6.92 Å². The molecular formula is C36H43Cl2N5O6S2. The molecule has 0 aromatic heterocycles. The van der Waals surface area contributed by atoms with E-state index in [4.69, 9.17) is 32.9 Å². The summed E-state index contributed by atoms with van der Waals surface area (Å²) in [4.78, 5) is 25.8. The van der Waals surface area contributed by atoms with Crippen molar-refractivity contribution in [1.29, 1.82) is 0 Å². The van der Waals surface area contributed by atoms with Gasteiger partial charge >= 0.3 is 6.03 Å². The fourth-order valence-corrected chi connectivity index (χ4v) is 9.51. The average molecular weight is 777 g/mol. The minimum atomic E-state index is -3.84. The number of sulfone groups is 1. The van der Waals surface area contributed by atoms with Crippen LogP contribution < -0.4 is 4.74 Å². The van der Waals surface area contributed by atoms with Crippen LogP contribution in [0.3, 0.4) is 0 Å². The topological polar surface area (TPSA) is 120 Å². The van der Waals surface area contributed by atoms with Gasteiger partial charge in [0.25, 0.3) is 0 Å². The number of aryl methyl sites for hydroxylation is 1. The van der Waals surface area contributed by atoms with Crippen LogP contribution in [-0.4, -0.2) is 112 Å². The molecule has 2 saturated heterocycles. The predicted molar refractivity (Wildman–Crippen MR) is 200 cm³/mol. The molecule has 3 heterocycles. The number of nitrogens with zero attached hydrogens (tertiary/aromatic N) is 5. The predicted octanol–water partition coefficient (Wildman–Crippen LogP) is 5.81. The molecule has 3 aromatic rings. The van der Waals surface area contributed by atoms with E-state index in [-0.39, 0.29) is 16.7 Å². The van der Waals surface area contributed by atoms with Gasteiger partial charge in [-0.15, -0.1) is 0 Å². The lowest BCUT2D eigenvalue weighted by Crippen LogP contribution is -2.54. The number of rotatable bonds is 10. The van der Waals surface area contributed by atoms with Crippen LogP contribution in [0.4, 0.5) is 4.79 Å². The number of carbonyl (C=O) groups is 1. The molecule has 0 N–H and O–H groups in total. The fraction of sp³-hybridized carbons (Fsp3) is 0.444. The lowest BCUT2D eigenvalue weighted by atomic mass is 9.93. The highest BCUT2D eigenvalue weighted by molar-refractivity contribution is 7.90. The fourth-order valence-electron chi connectivity index (χ4n) is 6.92. The summed E-state index contributed by atoms with van der Waals surface area (Å²) in [5.41, 5.74) is 2.54. The van der Waals surface area contributed by atoms with Crippen molar-refractivity contribution >= 4 is 54.9 Å². The lowest BCUT2D eigenvalue weighted by molar-refractivity contribution is 0.122. The molecule has 274 valence electrons. The number of hydrogen-bond acceptors (Lipinski definition) is 8. The minimum Gasteiger partial charge on any atom is -0.493 e. The Hall–Kier alpha value is -3.20. The first kappa shape index (κ1) is 37.6. The van der Waals surface area contributed by atoms with Crippen molar-refractivity contribution in [1.82, 2.24) is 19.0 Å². The van der Waals surface area contributed by atoms with E-state index < -0.39 is 31.9 Å². The number of ether oxygens (including phenoxy) is 1. The number of carbonyl (C=O) groups excluding carboxylic acids is 1. The molecule has 11 nitrogen and oxygen atoms in total. The van der Waals surface area contributed by atoms with Crippen molar-refractivity contribution < 1.29 is 26.4 Å². The third-order valence-electron chi connectivity index (χ3n) is 9.62. The number of amides is 2. The molecule has 2 atom stereocenters. The monoisotopic (exact) mass is 775 g/mol. The maximum absolute atomic E-state index is 15.0. The Morgan fingerprint density at radius 2 is 1.45 bits per heavy atom. The SMILES string of the molecule is CCOc1cc(C)c(S(=O)(=O)N2CCCC2)cc1C1=N[C@@H](c2ccc(Cl)cc2)[C@@H](c2ccc(Cl)cc2)N1C(=O)N1CCN(CCS(C)(=O)=O)CC1. The van der Waals surface area contributed by atoms with Crippen LogP contribution >= 0.6 is 23.2 Å². The van der Waals surface area contributed by atoms with Crippen LogP contribution in [0.5, 0.6) is 5.75 Å². The molecule has 0 unspecified atom stereocenters. The molecule has 0 aliphatic carbocycles. The normalized spacial score (nSPS) is 20.5. The molecule has 0 spiro atoms. The van der Waals surface area contributed by atoms with Gasteiger partial charge in [-0.25, -0.2) is 21.6 Å². The molecule has 3 aliphatic rings. The van der Waals surface area contributed by atoms with E-state index in [0.29, 0.717) is 85.2 Å². The third-order valence-corrected chi connectivity index (χ3v) is 13.1. The van der Waals surface area contributed by atoms with Crippen molar-refractivity contribution in [3.05, 3.63) is 93.0 Å². The Bertz CT molecular complexity index is 2000. The highest BCUT2D eigenvalue weighted by Gasteiger charge is 2.45. The van der Waals surface area contributed by atoms with Gasteiger partial charge in [0.1, 0.15) is 27.5 Å². The number of aliphatic imine (C=N–C) groups is 1. The zero-order chi connectivity index (χ0) is 36.5. The van der Waals surface area contributed by atoms with Gasteiger partial charge in [0, 0.05) is 62.1 Å². The van der Waals surface area contributed by atoms with E-state index >= 15 is 0 Å². The van der Waals surface area contributed by atoms with Crippen molar-refractivity contribution in [2.24, 2.45) is 4.99 Å². The molecular weight excluding hydrogens is 733 g/mol. The maximum atomic E-state index is 15.0. The minimum absolute atomic E-state index is 0.0432. The highest BCUT2D eigenvalue weighted by atomic mass is 35.5. The van der Waals surface area contributed by atoms with Crippen LogP contribution in [-0.2, 0) is 19.9 Å². The van der Waals surface area contributed by atoms with E-state index in [1.165, 1.54) is 10.6 Å². The summed E-state index contributed by atoms with van der Waals surface area (Å²) in [6.45, 7) is 6.93. The Morgan fingerprint density at radius 1 is 0.863 bits per heavy atom. The second-order valence-electron chi connectivity index (χ2n) is 13.2. The van der Waals surface area contributed by atoms with E-state index in [1.807, 2.05) is 36.1 Å². The van der Waals surface area contributed by atoms with E-state index in [1.54, 1.807) is 53.1 Å². The van der Waals surface area contributed by atoms with Gasteiger partial charge in [-0.3, -0.25) is 14.8 Å². The molecule has 0 saturated carbocycles. The zero-order valence-electron chi connectivity index (χ0n) is 29.0. The first-order chi connectivity index (χ1) is 24.3. The van der Waals surface area contributed by atoms with Gasteiger partial charge in [-0.05, 0) is 79.8 Å². The van der Waals surface area contributed by atoms with Gasteiger partial charge in [0.2, 0.25) is 10.0 Å². The Kier molecular flexibility index (Phi) is 11.4. The first-order valence-corrected chi connectivity index (χ1v) is 21.4. The Morgan fingerprint density at radius 3 is 2.02 bits per heavy atom. The number of amidine groups is 1. The molecule has 0 bridgehead atoms. The van der Waals surface area contributed by atoms with Gasteiger partial charge in [-0.2, -0.15) is 4.31 Å². The molecule has 2 fully saturated rings. The molecule has 6 rings (SSSR count). The maximum Gasteiger partial charge on any atom is 0.326 e. The summed E-state index contributed by atoms with van der Waals surface area (Å²) in [6.07, 6.45) is 2.81. The van der Waals surface area contributed by atoms with E-state index in [0.717, 1.165) is 24.0 Å². The van der Waals surface area contributed by atoms with Crippen molar-refractivity contribution in [2.75, 3.05) is 64.4 Å². The van der Waals surface area contributed by atoms with Crippen LogP contribution in [0.2, 0.25) is 10.0 Å². The number of benzene rings is 3. The highest BCUT2D eigenvalue weighted by Crippen LogP contribution is 2.46. The summed E-state index contributed by atoms with van der Waals surface area (Å²) >= 11 is 12.6. The van der Waals surface area contributed by atoms with Gasteiger partial charge in [0.15, 0.2) is 0 Å². The molecule has 0 radical (unpaired) electrons. The van der Waals surface area contributed by atoms with Gasteiger partial charge in [0.05, 0.1) is 28.9 Å². The Balaban J connectivity index is 1.49. The molecule has 3 aliphatic heterocycles. The average Bonchev–Trinajstić information content (AvgIpc) is 3.78. The van der Waals surface area contributed by atoms with Crippen LogP contribution in [0.25, 0.3) is 0 Å². The van der Waals surface area contributed by atoms with E-state index in [9.17, 15) is 21.6 Å². The standard InChI is InChI=1S/C36H43Cl2N5O6S2/c1-4-49-31-23-25(2)32(51(47,48)42-15-5-6-16-42)24-30(31)35-39-33(26-7-11-28(37)12-8-26)34(27-9-13-29(38)14-10-27)43(35)36(44)41-19-17-40(18-20-41)21-22-50(3,45)46/h7-14,23-24,33-34H,4-6,15-22H2,1-3H3/t33-,34+/m0/s1. The number of halogens is 2. The van der Waals surface area contributed by atoms with Crippen molar-refractivity contribution in [3.8, 4) is 5.75 Å². The number of urea groups is 1. The second kappa shape index (κ2) is 15.4. The first-order valence-electron chi connectivity index (χ1n) is 17.1. The molecule has 3 aromatic carbocycles. The van der Waals surface area contributed by atoms with Crippen LogP contribution in [0.1, 0.15) is 54.1 Å². The number of piperazine rings is 1. The largest absolute Gasteiger partial charge is 0.493 e. The quantitative estimate of drug-likeness (QED) is 0.255. The summed E-state index contributed by atoms with van der Waals surface area (Å²) in [5.74, 6) is 0.756. The van der Waals surface area contributed by atoms with Gasteiger partial charge in [-0.1, -0.05) is 47.5 Å². The number of sulfonamides is 1.